The molecule has 0 amide bonds. The minimum absolute atomic E-state index is 0.324. The van der Waals surface area contributed by atoms with Crippen molar-refractivity contribution in [2.75, 3.05) is 0 Å². The normalized spacial score (nSPS) is 10.1. The summed E-state index contributed by atoms with van der Waals surface area (Å²) in [5, 5.41) is 10.2. The number of rotatable bonds is 3. The van der Waals surface area contributed by atoms with Gasteiger partial charge < -0.3 is 15.2 Å². The largest absolute Gasteiger partial charge is 0.361 e. The molecule has 0 bridgehead atoms. The molecule has 1 aromatic heterocycles. The van der Waals surface area contributed by atoms with Crippen LogP contribution in [0.25, 0.3) is 0 Å². The SMILES string of the molecule is CC(C)NC(=S)NCc1ncon1. The van der Waals surface area contributed by atoms with E-state index in [1.807, 2.05) is 13.8 Å². The zero-order chi connectivity index (χ0) is 9.68. The van der Waals surface area contributed by atoms with Crippen molar-refractivity contribution in [3.63, 3.8) is 0 Å². The molecule has 6 heteroatoms. The van der Waals surface area contributed by atoms with Gasteiger partial charge in [-0.2, -0.15) is 4.98 Å². The first-order valence-electron chi connectivity index (χ1n) is 3.98. The van der Waals surface area contributed by atoms with Crippen molar-refractivity contribution < 1.29 is 4.52 Å². The van der Waals surface area contributed by atoms with Gasteiger partial charge in [0.05, 0.1) is 6.54 Å². The fraction of sp³-hybridized carbons (Fsp3) is 0.571. The summed E-state index contributed by atoms with van der Waals surface area (Å²) in [7, 11) is 0. The monoisotopic (exact) mass is 200 g/mol. The van der Waals surface area contributed by atoms with Crippen LogP contribution in [0.3, 0.4) is 0 Å². The van der Waals surface area contributed by atoms with Crippen molar-refractivity contribution >= 4 is 17.3 Å². The van der Waals surface area contributed by atoms with Crippen LogP contribution in [0.1, 0.15) is 19.7 Å². The zero-order valence-electron chi connectivity index (χ0n) is 7.57. The van der Waals surface area contributed by atoms with E-state index in [1.165, 1.54) is 6.39 Å². The van der Waals surface area contributed by atoms with E-state index in [2.05, 4.69) is 25.3 Å². The third kappa shape index (κ3) is 3.84. The Labute approximate surface area is 81.9 Å². The second-order valence-corrected chi connectivity index (χ2v) is 3.24. The van der Waals surface area contributed by atoms with E-state index < -0.39 is 0 Å². The molecule has 0 spiro atoms. The van der Waals surface area contributed by atoms with Crippen LogP contribution in [-0.2, 0) is 6.54 Å². The molecule has 2 N–H and O–H groups in total. The Hall–Kier alpha value is -1.17. The van der Waals surface area contributed by atoms with E-state index in [-0.39, 0.29) is 0 Å². The van der Waals surface area contributed by atoms with E-state index in [0.717, 1.165) is 0 Å². The number of thiocarbonyl (C=S) groups is 1. The van der Waals surface area contributed by atoms with Crippen LogP contribution < -0.4 is 10.6 Å². The number of nitrogens with one attached hydrogen (secondary N) is 2. The Bertz CT molecular complexity index is 259. The van der Waals surface area contributed by atoms with Crippen molar-refractivity contribution in [1.82, 2.24) is 20.8 Å². The van der Waals surface area contributed by atoms with Crippen LogP contribution in [-0.4, -0.2) is 21.3 Å². The van der Waals surface area contributed by atoms with Crippen LogP contribution in [0, 0.1) is 0 Å². The Morgan fingerprint density at radius 2 is 2.46 bits per heavy atom. The second-order valence-electron chi connectivity index (χ2n) is 2.83. The van der Waals surface area contributed by atoms with E-state index in [0.29, 0.717) is 23.5 Å². The molecule has 0 aromatic carbocycles. The second kappa shape index (κ2) is 4.76. The molecule has 13 heavy (non-hydrogen) atoms. The minimum Gasteiger partial charge on any atom is -0.361 e. The Kier molecular flexibility index (Phi) is 3.63. The molecule has 0 aliphatic rings. The van der Waals surface area contributed by atoms with Crippen LogP contribution in [0.15, 0.2) is 10.9 Å². The van der Waals surface area contributed by atoms with Crippen LogP contribution >= 0.6 is 12.2 Å². The van der Waals surface area contributed by atoms with Crippen molar-refractivity contribution in [2.45, 2.75) is 26.4 Å². The van der Waals surface area contributed by atoms with Crippen molar-refractivity contribution in [3.8, 4) is 0 Å². The minimum atomic E-state index is 0.324. The Balaban J connectivity index is 2.23. The molecule has 0 saturated carbocycles. The lowest BCUT2D eigenvalue weighted by Crippen LogP contribution is -2.38. The smallest absolute Gasteiger partial charge is 0.213 e. The maximum absolute atomic E-state index is 4.99. The molecular weight excluding hydrogens is 188 g/mol. The van der Waals surface area contributed by atoms with Gasteiger partial charge in [0, 0.05) is 6.04 Å². The van der Waals surface area contributed by atoms with Gasteiger partial charge in [0.2, 0.25) is 6.39 Å². The first-order chi connectivity index (χ1) is 6.18. The van der Waals surface area contributed by atoms with Crippen LogP contribution in [0.2, 0.25) is 0 Å². The van der Waals surface area contributed by atoms with E-state index in [4.69, 9.17) is 12.2 Å². The lowest BCUT2D eigenvalue weighted by atomic mass is 10.4. The molecule has 1 rings (SSSR count). The summed E-state index contributed by atoms with van der Waals surface area (Å²) in [5.74, 6) is 0.591. The van der Waals surface area contributed by atoms with Crippen molar-refractivity contribution in [3.05, 3.63) is 12.2 Å². The number of nitrogens with zero attached hydrogens (tertiary/aromatic N) is 2. The van der Waals surface area contributed by atoms with Crippen LogP contribution in [0.5, 0.6) is 0 Å². The molecule has 5 nitrogen and oxygen atoms in total. The molecule has 0 radical (unpaired) electrons. The van der Waals surface area contributed by atoms with Crippen LogP contribution in [0.4, 0.5) is 0 Å². The lowest BCUT2D eigenvalue weighted by Gasteiger charge is -2.11. The summed E-state index contributed by atoms with van der Waals surface area (Å²) in [6, 6.07) is 0.324. The highest BCUT2D eigenvalue weighted by molar-refractivity contribution is 7.80. The average Bonchev–Trinajstić information content (AvgIpc) is 2.51. The van der Waals surface area contributed by atoms with Gasteiger partial charge in [-0.15, -0.1) is 0 Å². The fourth-order valence-electron chi connectivity index (χ4n) is 0.743. The summed E-state index contributed by atoms with van der Waals surface area (Å²) < 4.78 is 4.56. The third-order valence-electron chi connectivity index (χ3n) is 1.23. The molecular formula is C7H12N4OS. The molecule has 0 unspecified atom stereocenters. The van der Waals surface area contributed by atoms with E-state index in [1.54, 1.807) is 0 Å². The molecule has 0 aliphatic heterocycles. The molecule has 1 aromatic rings. The van der Waals surface area contributed by atoms with Gasteiger partial charge in [-0.05, 0) is 26.1 Å². The zero-order valence-corrected chi connectivity index (χ0v) is 8.39. The average molecular weight is 200 g/mol. The van der Waals surface area contributed by atoms with Gasteiger partial charge in [0.1, 0.15) is 0 Å². The molecule has 1 heterocycles. The topological polar surface area (TPSA) is 63.0 Å². The summed E-state index contributed by atoms with van der Waals surface area (Å²) in [4.78, 5) is 3.84. The van der Waals surface area contributed by atoms with Gasteiger partial charge in [-0.1, -0.05) is 5.16 Å². The first-order valence-corrected chi connectivity index (χ1v) is 4.39. The van der Waals surface area contributed by atoms with Crippen molar-refractivity contribution in [1.29, 1.82) is 0 Å². The highest BCUT2D eigenvalue weighted by atomic mass is 32.1. The van der Waals surface area contributed by atoms with Crippen molar-refractivity contribution in [2.24, 2.45) is 0 Å². The van der Waals surface area contributed by atoms with E-state index in [9.17, 15) is 0 Å². The van der Waals surface area contributed by atoms with Gasteiger partial charge >= 0.3 is 0 Å². The summed E-state index contributed by atoms with van der Waals surface area (Å²) in [5.41, 5.74) is 0. The maximum Gasteiger partial charge on any atom is 0.213 e. The fourth-order valence-corrected chi connectivity index (χ4v) is 1.05. The third-order valence-corrected chi connectivity index (χ3v) is 1.50. The predicted molar refractivity (Wildman–Crippen MR) is 52.0 cm³/mol. The number of aromatic nitrogens is 2. The summed E-state index contributed by atoms with van der Waals surface area (Å²) in [6.45, 7) is 4.51. The predicted octanol–water partition coefficient (Wildman–Crippen LogP) is 0.442. The lowest BCUT2D eigenvalue weighted by molar-refractivity contribution is 0.409. The summed E-state index contributed by atoms with van der Waals surface area (Å²) in [6.07, 6.45) is 1.29. The van der Waals surface area contributed by atoms with Gasteiger partial charge in [0.15, 0.2) is 10.9 Å². The Morgan fingerprint density at radius 1 is 1.69 bits per heavy atom. The van der Waals surface area contributed by atoms with Gasteiger partial charge in [0.25, 0.3) is 0 Å². The van der Waals surface area contributed by atoms with E-state index >= 15 is 0 Å². The summed E-state index contributed by atoms with van der Waals surface area (Å²) >= 11 is 4.99. The highest BCUT2D eigenvalue weighted by Crippen LogP contribution is 1.86. The number of hydrogen-bond acceptors (Lipinski definition) is 4. The van der Waals surface area contributed by atoms with Gasteiger partial charge in [-0.25, -0.2) is 0 Å². The molecule has 0 saturated heterocycles. The standard InChI is InChI=1S/C7H12N4OS/c1-5(2)10-7(13)8-3-6-9-4-12-11-6/h4-5H,3H2,1-2H3,(H2,8,10,13). The molecule has 0 atom stereocenters. The molecule has 72 valence electrons. The first kappa shape index (κ1) is 9.91. The maximum atomic E-state index is 4.99. The van der Waals surface area contributed by atoms with Gasteiger partial charge in [-0.3, -0.25) is 0 Å². The number of hydrogen-bond donors (Lipinski definition) is 2. The Morgan fingerprint density at radius 3 is 3.00 bits per heavy atom. The molecule has 0 fully saturated rings. The molecule has 0 aliphatic carbocycles. The quantitative estimate of drug-likeness (QED) is 0.690. The highest BCUT2D eigenvalue weighted by Gasteiger charge is 2.00.